The summed E-state index contributed by atoms with van der Waals surface area (Å²) in [6.45, 7) is 16.9. The molecule has 0 N–H and O–H groups in total. The van der Waals surface area contributed by atoms with Crippen LogP contribution in [0.15, 0.2) is 12.2 Å². The van der Waals surface area contributed by atoms with Crippen molar-refractivity contribution in [1.29, 1.82) is 0 Å². The molecule has 0 unspecified atom stereocenters. The molecule has 0 rings (SSSR count). The predicted octanol–water partition coefficient (Wildman–Crippen LogP) is 3.94. The summed E-state index contributed by atoms with van der Waals surface area (Å²) in [5, 5.41) is 0. The van der Waals surface area contributed by atoms with E-state index in [0.29, 0.717) is 12.2 Å². The number of carbonyl (C=O) groups excluding carboxylic acids is 1. The Labute approximate surface area is 114 Å². The van der Waals surface area contributed by atoms with Gasteiger partial charge in [0.25, 0.3) is 0 Å². The van der Waals surface area contributed by atoms with E-state index >= 15 is 0 Å². The monoisotopic (exact) mass is 288 g/mol. The third kappa shape index (κ3) is 7.84. The summed E-state index contributed by atoms with van der Waals surface area (Å²) in [5.74, 6) is -0.293. The lowest BCUT2D eigenvalue weighted by atomic mass is 10.4. The molecule has 5 heteroatoms. The first kappa shape index (κ1) is 17.6. The van der Waals surface area contributed by atoms with Crippen molar-refractivity contribution in [1.82, 2.24) is 0 Å². The van der Waals surface area contributed by atoms with Crippen molar-refractivity contribution in [2.24, 2.45) is 0 Å². The van der Waals surface area contributed by atoms with Crippen LogP contribution in [0, 0.1) is 0 Å². The van der Waals surface area contributed by atoms with E-state index in [1.54, 1.807) is 6.92 Å². The van der Waals surface area contributed by atoms with Crippen molar-refractivity contribution in [3.63, 3.8) is 0 Å². The van der Waals surface area contributed by atoms with E-state index in [2.05, 4.69) is 39.7 Å². The van der Waals surface area contributed by atoms with Gasteiger partial charge >= 0.3 is 5.97 Å². The zero-order valence-electron chi connectivity index (χ0n) is 12.8. The van der Waals surface area contributed by atoms with Crippen LogP contribution in [0.5, 0.6) is 0 Å². The Bertz CT molecular complexity index is 299. The highest BCUT2D eigenvalue weighted by atomic mass is 28.4. The molecule has 0 fully saturated rings. The highest BCUT2D eigenvalue weighted by molar-refractivity contribution is 6.84. The van der Waals surface area contributed by atoms with E-state index in [1.807, 2.05) is 0 Å². The molecule has 0 radical (unpaired) electrons. The Morgan fingerprint density at radius 2 is 1.72 bits per heavy atom. The molecule has 0 spiro atoms. The average Bonchev–Trinajstić information content (AvgIpc) is 2.22. The Morgan fingerprint density at radius 3 is 2.17 bits per heavy atom. The van der Waals surface area contributed by atoms with Crippen LogP contribution in [0.25, 0.3) is 0 Å². The molecule has 0 saturated heterocycles. The second kappa shape index (κ2) is 7.26. The second-order valence-corrected chi connectivity index (χ2v) is 15.1. The molecule has 0 aromatic heterocycles. The van der Waals surface area contributed by atoms with Gasteiger partial charge in [0.2, 0.25) is 0 Å². The molecule has 0 amide bonds. The molecular weight excluding hydrogens is 260 g/mol. The van der Waals surface area contributed by atoms with E-state index in [4.69, 9.17) is 8.85 Å². The summed E-state index contributed by atoms with van der Waals surface area (Å²) < 4.78 is 11.4. The summed E-state index contributed by atoms with van der Waals surface area (Å²) in [7, 11) is -3.08. The number of esters is 1. The average molecular weight is 289 g/mol. The van der Waals surface area contributed by atoms with Crippen LogP contribution < -0.4 is 0 Å². The lowest BCUT2D eigenvalue weighted by molar-refractivity contribution is -0.138. The largest absolute Gasteiger partial charge is 0.462 e. The maximum absolute atomic E-state index is 11.2. The number of carbonyl (C=O) groups is 1. The molecular formula is C13H28O3Si2. The van der Waals surface area contributed by atoms with Gasteiger partial charge in [-0.2, -0.15) is 0 Å². The van der Waals surface area contributed by atoms with Crippen LogP contribution in [0.3, 0.4) is 0 Å². The van der Waals surface area contributed by atoms with Crippen molar-refractivity contribution in [2.45, 2.75) is 58.5 Å². The third-order valence-corrected chi connectivity index (χ3v) is 10.6. The Hall–Kier alpha value is -0.396. The number of ether oxygens (including phenoxy) is 1. The smallest absolute Gasteiger partial charge is 0.333 e. The molecule has 3 nitrogen and oxygen atoms in total. The molecule has 0 aromatic rings. The van der Waals surface area contributed by atoms with Crippen molar-refractivity contribution in [3.8, 4) is 0 Å². The Balaban J connectivity index is 3.98. The standard InChI is InChI=1S/C13H28O3Si2/c1-8-17(4,5)16-18(6,7)11-9-10-15-13(14)12(2)3/h2,8-11H2,1,3-7H3. The van der Waals surface area contributed by atoms with E-state index in [0.717, 1.165) is 18.5 Å². The number of hydrogen-bond donors (Lipinski definition) is 0. The summed E-state index contributed by atoms with van der Waals surface area (Å²) in [6, 6.07) is 2.18. The number of rotatable bonds is 8. The van der Waals surface area contributed by atoms with Gasteiger partial charge in [-0.3, -0.25) is 0 Å². The van der Waals surface area contributed by atoms with Crippen molar-refractivity contribution >= 4 is 22.6 Å². The van der Waals surface area contributed by atoms with Crippen molar-refractivity contribution in [2.75, 3.05) is 6.61 Å². The van der Waals surface area contributed by atoms with Gasteiger partial charge in [0, 0.05) is 5.57 Å². The minimum Gasteiger partial charge on any atom is -0.462 e. The minimum absolute atomic E-state index is 0.293. The van der Waals surface area contributed by atoms with Crippen LogP contribution in [0.1, 0.15) is 20.3 Å². The molecule has 0 aliphatic heterocycles. The number of hydrogen-bond acceptors (Lipinski definition) is 3. The van der Waals surface area contributed by atoms with Gasteiger partial charge in [0.1, 0.15) is 0 Å². The van der Waals surface area contributed by atoms with Crippen molar-refractivity contribution in [3.05, 3.63) is 12.2 Å². The van der Waals surface area contributed by atoms with Gasteiger partial charge in [0.15, 0.2) is 16.6 Å². The van der Waals surface area contributed by atoms with Crippen molar-refractivity contribution < 1.29 is 13.6 Å². The fourth-order valence-corrected chi connectivity index (χ4v) is 9.62. The first-order valence-corrected chi connectivity index (χ1v) is 12.9. The van der Waals surface area contributed by atoms with E-state index in [1.165, 1.54) is 0 Å². The Morgan fingerprint density at radius 1 is 1.17 bits per heavy atom. The van der Waals surface area contributed by atoms with E-state index in [9.17, 15) is 4.79 Å². The molecule has 106 valence electrons. The molecule has 0 aliphatic carbocycles. The second-order valence-electron chi connectivity index (χ2n) is 5.99. The van der Waals surface area contributed by atoms with E-state index < -0.39 is 16.6 Å². The van der Waals surface area contributed by atoms with Crippen LogP contribution >= 0.6 is 0 Å². The zero-order valence-corrected chi connectivity index (χ0v) is 14.8. The summed E-state index contributed by atoms with van der Waals surface area (Å²) in [4.78, 5) is 11.2. The molecule has 0 bridgehead atoms. The van der Waals surface area contributed by atoms with Gasteiger partial charge in [-0.1, -0.05) is 13.5 Å². The van der Waals surface area contributed by atoms with E-state index in [-0.39, 0.29) is 5.97 Å². The van der Waals surface area contributed by atoms with Gasteiger partial charge in [0.05, 0.1) is 6.61 Å². The Kier molecular flexibility index (Phi) is 7.10. The first-order valence-electron chi connectivity index (χ1n) is 6.62. The molecule has 0 aromatic carbocycles. The third-order valence-electron chi connectivity index (χ3n) is 2.91. The predicted molar refractivity (Wildman–Crippen MR) is 81.7 cm³/mol. The summed E-state index contributed by atoms with van der Waals surface area (Å²) >= 11 is 0. The fourth-order valence-electron chi connectivity index (χ4n) is 1.66. The summed E-state index contributed by atoms with van der Waals surface area (Å²) in [5.41, 5.74) is 0.460. The summed E-state index contributed by atoms with van der Waals surface area (Å²) in [6.07, 6.45) is 0.881. The highest BCUT2D eigenvalue weighted by Crippen LogP contribution is 2.22. The van der Waals surface area contributed by atoms with Crippen LogP contribution in [-0.4, -0.2) is 29.2 Å². The first-order chi connectivity index (χ1) is 8.09. The van der Waals surface area contributed by atoms with Gasteiger partial charge in [-0.15, -0.1) is 0 Å². The van der Waals surface area contributed by atoms with Gasteiger partial charge in [-0.05, 0) is 51.6 Å². The lowest BCUT2D eigenvalue weighted by Crippen LogP contribution is -2.43. The highest BCUT2D eigenvalue weighted by Gasteiger charge is 2.31. The van der Waals surface area contributed by atoms with Gasteiger partial charge in [-0.25, -0.2) is 4.79 Å². The van der Waals surface area contributed by atoms with Gasteiger partial charge < -0.3 is 8.85 Å². The quantitative estimate of drug-likeness (QED) is 0.294. The van der Waals surface area contributed by atoms with Crippen LogP contribution in [-0.2, 0) is 13.6 Å². The lowest BCUT2D eigenvalue weighted by Gasteiger charge is -2.33. The SMILES string of the molecule is C=C(C)C(=O)OCCC[Si](C)(C)O[Si](C)(C)CC. The molecule has 18 heavy (non-hydrogen) atoms. The maximum Gasteiger partial charge on any atom is 0.333 e. The maximum atomic E-state index is 11.2. The fraction of sp³-hybridized carbons (Fsp3) is 0.769. The molecule has 0 atom stereocenters. The molecule has 0 aliphatic rings. The molecule has 0 heterocycles. The normalized spacial score (nSPS) is 12.3. The van der Waals surface area contributed by atoms with Crippen LogP contribution in [0.4, 0.5) is 0 Å². The zero-order chi connectivity index (χ0) is 14.4. The van der Waals surface area contributed by atoms with Crippen LogP contribution in [0.2, 0.25) is 38.3 Å². The minimum atomic E-state index is -1.61. The topological polar surface area (TPSA) is 35.5 Å². The molecule has 0 saturated carbocycles.